The van der Waals surface area contributed by atoms with E-state index in [1.165, 1.54) is 5.56 Å². The van der Waals surface area contributed by atoms with Crippen LogP contribution in [-0.2, 0) is 16.8 Å². The first-order valence-electron chi connectivity index (χ1n) is 7.15. The lowest BCUT2D eigenvalue weighted by Gasteiger charge is -2.11. The van der Waals surface area contributed by atoms with Crippen LogP contribution in [0.5, 0.6) is 5.75 Å². The van der Waals surface area contributed by atoms with Crippen molar-refractivity contribution in [1.29, 1.82) is 0 Å². The summed E-state index contributed by atoms with van der Waals surface area (Å²) >= 11 is 0. The number of rotatable bonds is 7. The summed E-state index contributed by atoms with van der Waals surface area (Å²) in [5.74, 6) is 0.792. The quantitative estimate of drug-likeness (QED) is 0.686. The molecule has 23 heavy (non-hydrogen) atoms. The summed E-state index contributed by atoms with van der Waals surface area (Å²) in [7, 11) is 0.328. The highest BCUT2D eigenvalue weighted by atomic mass is 32.2. The van der Waals surface area contributed by atoms with Crippen molar-refractivity contribution in [2.24, 2.45) is 15.1 Å². The van der Waals surface area contributed by atoms with Gasteiger partial charge in [0.05, 0.1) is 6.61 Å². The van der Waals surface area contributed by atoms with Crippen LogP contribution in [0.3, 0.4) is 0 Å². The van der Waals surface area contributed by atoms with E-state index in [1.807, 2.05) is 38.4 Å². The van der Waals surface area contributed by atoms with E-state index in [9.17, 15) is 8.42 Å². The summed E-state index contributed by atoms with van der Waals surface area (Å²) in [6, 6.07) is 7.91. The SMILES string of the molecule is CN(C)Cc1cccc(OCCCN=C2NS(=O)(=O)N=C2N)c1. The molecule has 0 amide bonds. The normalized spacial score (nSPS) is 18.0. The summed E-state index contributed by atoms with van der Waals surface area (Å²) in [4.78, 5) is 6.16. The van der Waals surface area contributed by atoms with E-state index in [-0.39, 0.29) is 11.7 Å². The van der Waals surface area contributed by atoms with Crippen molar-refractivity contribution in [1.82, 2.24) is 9.62 Å². The molecule has 9 heteroatoms. The molecule has 0 saturated heterocycles. The molecule has 0 atom stereocenters. The van der Waals surface area contributed by atoms with Gasteiger partial charge in [-0.25, -0.2) is 4.72 Å². The number of aliphatic imine (C=N–C) groups is 1. The summed E-state index contributed by atoms with van der Waals surface area (Å²) in [5, 5.41) is 0. The average Bonchev–Trinajstić information content (AvgIpc) is 2.71. The molecule has 126 valence electrons. The smallest absolute Gasteiger partial charge is 0.345 e. The number of hydrogen-bond donors (Lipinski definition) is 2. The lowest BCUT2D eigenvalue weighted by molar-refractivity contribution is 0.312. The Morgan fingerprint density at radius 3 is 2.83 bits per heavy atom. The molecular weight excluding hydrogens is 318 g/mol. The zero-order chi connectivity index (χ0) is 16.9. The molecular formula is C14H21N5O3S. The minimum absolute atomic E-state index is 0.0954. The predicted octanol–water partition coefficient (Wildman–Crippen LogP) is 0.121. The minimum atomic E-state index is -3.70. The third-order valence-electron chi connectivity index (χ3n) is 2.93. The first kappa shape index (κ1) is 17.2. The standard InChI is InChI=1S/C14H21N5O3S/c1-19(2)10-11-5-3-6-12(9-11)22-8-4-7-16-14-13(15)17-23(20,21)18-14/h3,5-6,9H,4,7-8,10H2,1-2H3,(H2,15,17)(H,16,18). The van der Waals surface area contributed by atoms with Crippen LogP contribution in [0.25, 0.3) is 0 Å². The van der Waals surface area contributed by atoms with Crippen molar-refractivity contribution in [3.05, 3.63) is 29.8 Å². The summed E-state index contributed by atoms with van der Waals surface area (Å²) in [6.07, 6.45) is 0.635. The number of benzene rings is 1. The van der Waals surface area contributed by atoms with Gasteiger partial charge in [0.1, 0.15) is 5.75 Å². The largest absolute Gasteiger partial charge is 0.494 e. The fourth-order valence-electron chi connectivity index (χ4n) is 2.03. The topological polar surface area (TPSA) is 109 Å². The van der Waals surface area contributed by atoms with Gasteiger partial charge in [0.15, 0.2) is 11.7 Å². The second-order valence-electron chi connectivity index (χ2n) is 5.37. The molecule has 3 N–H and O–H groups in total. The van der Waals surface area contributed by atoms with E-state index in [4.69, 9.17) is 10.5 Å². The fraction of sp³-hybridized carbons (Fsp3) is 0.429. The number of hydrogen-bond acceptors (Lipinski definition) is 6. The van der Waals surface area contributed by atoms with Crippen LogP contribution >= 0.6 is 0 Å². The van der Waals surface area contributed by atoms with E-state index in [0.717, 1.165) is 12.3 Å². The number of nitrogens with zero attached hydrogens (tertiary/aromatic N) is 3. The van der Waals surface area contributed by atoms with Crippen LogP contribution in [0.15, 0.2) is 33.7 Å². The van der Waals surface area contributed by atoms with Crippen molar-refractivity contribution in [3.8, 4) is 5.75 Å². The van der Waals surface area contributed by atoms with Gasteiger partial charge >= 0.3 is 10.2 Å². The highest BCUT2D eigenvalue weighted by Gasteiger charge is 2.23. The van der Waals surface area contributed by atoms with Gasteiger partial charge in [0, 0.05) is 19.5 Å². The summed E-state index contributed by atoms with van der Waals surface area (Å²) in [6.45, 7) is 1.72. The van der Waals surface area contributed by atoms with Crippen LogP contribution in [0, 0.1) is 0 Å². The molecule has 1 aliphatic heterocycles. The molecule has 0 radical (unpaired) electrons. The van der Waals surface area contributed by atoms with E-state index in [0.29, 0.717) is 19.6 Å². The Balaban J connectivity index is 1.77. The maximum Gasteiger partial charge on any atom is 0.345 e. The van der Waals surface area contributed by atoms with Gasteiger partial charge in [0.25, 0.3) is 0 Å². The van der Waals surface area contributed by atoms with Crippen molar-refractivity contribution in [2.45, 2.75) is 13.0 Å². The highest BCUT2D eigenvalue weighted by molar-refractivity contribution is 7.89. The Morgan fingerprint density at radius 1 is 1.39 bits per heavy atom. The molecule has 0 unspecified atom stereocenters. The predicted molar refractivity (Wildman–Crippen MR) is 89.9 cm³/mol. The van der Waals surface area contributed by atoms with Crippen LogP contribution in [0.2, 0.25) is 0 Å². The number of nitrogens with one attached hydrogen (secondary N) is 1. The molecule has 0 aliphatic carbocycles. The third-order valence-corrected chi connectivity index (χ3v) is 3.81. The average molecular weight is 339 g/mol. The van der Waals surface area contributed by atoms with Gasteiger partial charge in [0.2, 0.25) is 0 Å². The molecule has 2 rings (SSSR count). The van der Waals surface area contributed by atoms with Crippen molar-refractivity contribution >= 4 is 21.9 Å². The molecule has 1 aromatic carbocycles. The summed E-state index contributed by atoms with van der Waals surface area (Å²) < 4.78 is 33.4. The van der Waals surface area contributed by atoms with E-state index in [2.05, 4.69) is 19.0 Å². The van der Waals surface area contributed by atoms with Gasteiger partial charge < -0.3 is 15.4 Å². The highest BCUT2D eigenvalue weighted by Crippen LogP contribution is 2.14. The van der Waals surface area contributed by atoms with E-state index in [1.54, 1.807) is 0 Å². The van der Waals surface area contributed by atoms with Crippen LogP contribution in [0.1, 0.15) is 12.0 Å². The summed E-state index contributed by atoms with van der Waals surface area (Å²) in [5.41, 5.74) is 6.64. The van der Waals surface area contributed by atoms with Gasteiger partial charge in [-0.15, -0.1) is 4.40 Å². The van der Waals surface area contributed by atoms with Gasteiger partial charge in [-0.05, 0) is 31.8 Å². The van der Waals surface area contributed by atoms with Crippen molar-refractivity contribution < 1.29 is 13.2 Å². The Kier molecular flexibility index (Phi) is 5.56. The second kappa shape index (κ2) is 7.42. The Morgan fingerprint density at radius 2 is 2.17 bits per heavy atom. The van der Waals surface area contributed by atoms with Gasteiger partial charge in [-0.1, -0.05) is 12.1 Å². The van der Waals surface area contributed by atoms with Crippen molar-refractivity contribution in [2.75, 3.05) is 27.2 Å². The lowest BCUT2D eigenvalue weighted by Crippen LogP contribution is -2.31. The van der Waals surface area contributed by atoms with Crippen LogP contribution in [-0.4, -0.2) is 52.2 Å². The molecule has 0 fully saturated rings. The fourth-order valence-corrected chi connectivity index (χ4v) is 2.83. The Hall–Kier alpha value is -2.13. The van der Waals surface area contributed by atoms with E-state index >= 15 is 0 Å². The molecule has 0 aromatic heterocycles. The van der Waals surface area contributed by atoms with E-state index < -0.39 is 10.2 Å². The maximum absolute atomic E-state index is 11.1. The lowest BCUT2D eigenvalue weighted by atomic mass is 10.2. The van der Waals surface area contributed by atoms with Gasteiger partial charge in [-0.3, -0.25) is 4.99 Å². The number of ether oxygens (including phenoxy) is 1. The zero-order valence-electron chi connectivity index (χ0n) is 13.2. The molecule has 0 saturated carbocycles. The monoisotopic (exact) mass is 339 g/mol. The number of nitrogens with two attached hydrogens (primary N) is 1. The first-order valence-corrected chi connectivity index (χ1v) is 8.59. The maximum atomic E-state index is 11.1. The molecule has 0 spiro atoms. The third kappa shape index (κ3) is 5.53. The minimum Gasteiger partial charge on any atom is -0.494 e. The molecule has 1 heterocycles. The number of amidine groups is 2. The van der Waals surface area contributed by atoms with Gasteiger partial charge in [-0.2, -0.15) is 8.42 Å². The molecule has 1 aliphatic rings. The van der Waals surface area contributed by atoms with Crippen LogP contribution < -0.4 is 15.2 Å². The van der Waals surface area contributed by atoms with Crippen LogP contribution in [0.4, 0.5) is 0 Å². The van der Waals surface area contributed by atoms with Crippen molar-refractivity contribution in [3.63, 3.8) is 0 Å². The molecule has 1 aromatic rings. The molecule has 0 bridgehead atoms. The second-order valence-corrected chi connectivity index (χ2v) is 6.71. The Bertz CT molecular complexity index is 713. The first-order chi connectivity index (χ1) is 10.9. The Labute approximate surface area is 136 Å². The molecule has 8 nitrogen and oxygen atoms in total. The zero-order valence-corrected chi connectivity index (χ0v) is 14.0.